The number of hydrogen-bond acceptors (Lipinski definition) is 3. The molecule has 0 aromatic rings. The monoisotopic (exact) mass is 365 g/mol. The number of aliphatic carboxylic acids is 1. The van der Waals surface area contributed by atoms with Gasteiger partial charge < -0.3 is 15.2 Å². The Balaban J connectivity index is 0.00000225. The third kappa shape index (κ3) is 4.14. The average Bonchev–Trinajstić information content (AvgIpc) is 3.12. The fraction of sp³-hybridized carbons (Fsp3) is 0.647. The van der Waals surface area contributed by atoms with Crippen LogP contribution in [0.2, 0.25) is 0 Å². The van der Waals surface area contributed by atoms with E-state index < -0.39 is 41.7 Å². The molecule has 4 nitrogen and oxygen atoms in total. The number of amides is 1. The van der Waals surface area contributed by atoms with Gasteiger partial charge in [-0.1, -0.05) is 24.3 Å². The molecular weight excluding hydrogens is 346 g/mol. The second-order valence-electron chi connectivity index (χ2n) is 6.92. The van der Waals surface area contributed by atoms with Gasteiger partial charge in [0.25, 0.3) is 0 Å². The number of halogens is 3. The second-order valence-corrected chi connectivity index (χ2v) is 6.92. The molecule has 3 aliphatic rings. The summed E-state index contributed by atoms with van der Waals surface area (Å²) < 4.78 is 39.2. The van der Waals surface area contributed by atoms with Crippen LogP contribution in [0.15, 0.2) is 24.3 Å². The molecule has 1 saturated carbocycles. The molecule has 0 aliphatic heterocycles. The smallest absolute Gasteiger partial charge is 0.550 e. The predicted molar refractivity (Wildman–Crippen MR) is 77.1 cm³/mol. The molecular formula is C17H19F3NNaO3. The summed E-state index contributed by atoms with van der Waals surface area (Å²) in [5.74, 6) is -5.93. The molecule has 0 aromatic heterocycles. The fourth-order valence-corrected chi connectivity index (χ4v) is 4.35. The summed E-state index contributed by atoms with van der Waals surface area (Å²) in [6.45, 7) is -0.0925. The van der Waals surface area contributed by atoms with Crippen LogP contribution in [0, 0.1) is 35.5 Å². The zero-order valence-electron chi connectivity index (χ0n) is 14.0. The first-order valence-electron chi connectivity index (χ1n) is 8.17. The number of nitrogens with one attached hydrogen (secondary N) is 1. The summed E-state index contributed by atoms with van der Waals surface area (Å²) in [7, 11) is 0. The molecule has 0 radical (unpaired) electrons. The Morgan fingerprint density at radius 3 is 2.28 bits per heavy atom. The molecule has 2 bridgehead atoms. The van der Waals surface area contributed by atoms with Crippen molar-refractivity contribution >= 4 is 11.9 Å². The van der Waals surface area contributed by atoms with E-state index in [1.54, 1.807) is 12.2 Å². The maximum atomic E-state index is 13.1. The average molecular weight is 365 g/mol. The van der Waals surface area contributed by atoms with E-state index in [0.29, 0.717) is 6.42 Å². The Hall–Kier alpha value is -0.790. The van der Waals surface area contributed by atoms with Crippen LogP contribution in [0.1, 0.15) is 19.3 Å². The molecule has 1 N–H and O–H groups in total. The van der Waals surface area contributed by atoms with E-state index in [2.05, 4.69) is 5.32 Å². The predicted octanol–water partition coefficient (Wildman–Crippen LogP) is -1.56. The number of alkyl halides is 3. The topological polar surface area (TPSA) is 69.2 Å². The fourth-order valence-electron chi connectivity index (χ4n) is 4.35. The van der Waals surface area contributed by atoms with Gasteiger partial charge in [-0.3, -0.25) is 4.79 Å². The van der Waals surface area contributed by atoms with Crippen molar-refractivity contribution in [1.29, 1.82) is 0 Å². The molecule has 3 aliphatic carbocycles. The number of fused-ring (bicyclic) bond motifs is 2. The van der Waals surface area contributed by atoms with Gasteiger partial charge in [0.05, 0.1) is 11.8 Å². The molecule has 25 heavy (non-hydrogen) atoms. The molecule has 8 heteroatoms. The van der Waals surface area contributed by atoms with Crippen LogP contribution in [-0.4, -0.2) is 24.6 Å². The van der Waals surface area contributed by atoms with Crippen molar-refractivity contribution in [3.8, 4) is 0 Å². The Kier molecular flexibility index (Phi) is 6.44. The van der Waals surface area contributed by atoms with Crippen molar-refractivity contribution in [3.05, 3.63) is 24.3 Å². The molecule has 6 atom stereocenters. The van der Waals surface area contributed by atoms with E-state index in [0.717, 1.165) is 0 Å². The Labute approximate surface area is 166 Å². The van der Waals surface area contributed by atoms with Crippen molar-refractivity contribution in [2.75, 3.05) is 6.54 Å². The minimum atomic E-state index is -4.30. The van der Waals surface area contributed by atoms with E-state index in [1.807, 2.05) is 6.08 Å². The van der Waals surface area contributed by atoms with Crippen molar-refractivity contribution in [2.24, 2.45) is 35.5 Å². The summed E-state index contributed by atoms with van der Waals surface area (Å²) in [4.78, 5) is 23.7. The van der Waals surface area contributed by atoms with E-state index in [4.69, 9.17) is 0 Å². The minimum Gasteiger partial charge on any atom is -0.550 e. The summed E-state index contributed by atoms with van der Waals surface area (Å²) in [6.07, 6.45) is 3.30. The van der Waals surface area contributed by atoms with Gasteiger partial charge in [0, 0.05) is 18.4 Å². The van der Waals surface area contributed by atoms with Crippen LogP contribution in [-0.2, 0) is 9.59 Å². The van der Waals surface area contributed by atoms with E-state index >= 15 is 0 Å². The maximum absolute atomic E-state index is 13.1. The van der Waals surface area contributed by atoms with Gasteiger partial charge in [-0.15, -0.1) is 0 Å². The van der Waals surface area contributed by atoms with Crippen molar-refractivity contribution < 1.29 is 57.4 Å². The molecule has 132 valence electrons. The van der Waals surface area contributed by atoms with Gasteiger partial charge in [-0.2, -0.15) is 13.2 Å². The molecule has 0 aromatic carbocycles. The molecule has 1 amide bonds. The maximum Gasteiger partial charge on any atom is 1.00 e. The second kappa shape index (κ2) is 7.84. The Bertz CT molecular complexity index is 590. The number of carbonyl (C=O) groups is 2. The van der Waals surface area contributed by atoms with Gasteiger partial charge in [0.2, 0.25) is 5.91 Å². The van der Waals surface area contributed by atoms with Crippen molar-refractivity contribution in [3.63, 3.8) is 0 Å². The molecule has 1 fully saturated rings. The third-order valence-corrected chi connectivity index (χ3v) is 5.56. The van der Waals surface area contributed by atoms with E-state index in [1.165, 1.54) is 6.08 Å². The first-order valence-corrected chi connectivity index (χ1v) is 8.17. The number of carboxylic acid groups (broad SMARTS) is 1. The normalized spacial score (nSPS) is 36.1. The standard InChI is InChI=1S/C17H20F3NO3.Na/c18-17(19,20)12-4-2-1-3-11(12)8-21-15(22)13-9-5-6-10(7-9)14(13)16(23)24;/h1-2,5-6,9-14H,3-4,7-8H2,(H,21,22)(H,23,24);/q;+1/p-1/t9-,10+,11+,12-,13-,14+;/m1./s1. The van der Waals surface area contributed by atoms with Crippen LogP contribution in [0.4, 0.5) is 13.2 Å². The van der Waals surface area contributed by atoms with Gasteiger partial charge in [-0.25, -0.2) is 0 Å². The molecule has 0 unspecified atom stereocenters. The third-order valence-electron chi connectivity index (χ3n) is 5.56. The van der Waals surface area contributed by atoms with Gasteiger partial charge in [-0.05, 0) is 37.0 Å². The summed E-state index contributed by atoms with van der Waals surface area (Å²) in [5, 5.41) is 13.9. The Morgan fingerprint density at radius 1 is 1.08 bits per heavy atom. The van der Waals surface area contributed by atoms with Crippen molar-refractivity contribution in [1.82, 2.24) is 5.32 Å². The number of rotatable bonds is 4. The van der Waals surface area contributed by atoms with Crippen LogP contribution < -0.4 is 40.0 Å². The van der Waals surface area contributed by atoms with Crippen LogP contribution >= 0.6 is 0 Å². The Morgan fingerprint density at radius 2 is 1.68 bits per heavy atom. The summed E-state index contributed by atoms with van der Waals surface area (Å²) in [6, 6.07) is 0. The van der Waals surface area contributed by atoms with Crippen LogP contribution in [0.3, 0.4) is 0 Å². The summed E-state index contributed by atoms with van der Waals surface area (Å²) in [5.41, 5.74) is 0. The van der Waals surface area contributed by atoms with Crippen LogP contribution in [0.5, 0.6) is 0 Å². The van der Waals surface area contributed by atoms with Gasteiger partial charge >= 0.3 is 35.7 Å². The summed E-state index contributed by atoms with van der Waals surface area (Å²) >= 11 is 0. The number of carboxylic acids is 1. The minimum absolute atomic E-state index is 0. The molecule has 3 rings (SSSR count). The van der Waals surface area contributed by atoms with E-state index in [-0.39, 0.29) is 60.8 Å². The zero-order valence-corrected chi connectivity index (χ0v) is 16.0. The number of allylic oxidation sites excluding steroid dienone is 4. The van der Waals surface area contributed by atoms with Crippen molar-refractivity contribution in [2.45, 2.75) is 25.4 Å². The number of hydrogen-bond donors (Lipinski definition) is 1. The molecule has 0 heterocycles. The first-order chi connectivity index (χ1) is 11.3. The van der Waals surface area contributed by atoms with E-state index in [9.17, 15) is 27.9 Å². The quantitative estimate of drug-likeness (QED) is 0.484. The first kappa shape index (κ1) is 20.5. The molecule has 0 spiro atoms. The van der Waals surface area contributed by atoms with Gasteiger partial charge in [0.1, 0.15) is 0 Å². The van der Waals surface area contributed by atoms with Gasteiger partial charge in [0.15, 0.2) is 0 Å². The SMILES string of the molecule is O=C([O-])[C@@H]1[C@H](C(=O)NC[C@@H]2CC=CC[C@H]2C(F)(F)F)[C@@H]2C=C[C@H]1C2.[Na+]. The largest absolute Gasteiger partial charge is 1.00 e. The molecule has 0 saturated heterocycles. The zero-order chi connectivity index (χ0) is 17.5. The number of carbonyl (C=O) groups excluding carboxylic acids is 2. The van der Waals surface area contributed by atoms with Crippen LogP contribution in [0.25, 0.3) is 0 Å².